The Morgan fingerprint density at radius 3 is 2.68 bits per heavy atom. The summed E-state index contributed by atoms with van der Waals surface area (Å²) in [5.74, 6) is 0.416. The van der Waals surface area contributed by atoms with E-state index in [-0.39, 0.29) is 30.2 Å². The zero-order chi connectivity index (χ0) is 12.5. The monoisotopic (exact) mass is 304 g/mol. The summed E-state index contributed by atoms with van der Waals surface area (Å²) >= 11 is 1.34. The van der Waals surface area contributed by atoms with Crippen molar-refractivity contribution in [1.82, 2.24) is 20.4 Å². The number of halogens is 1. The average molecular weight is 305 g/mol. The van der Waals surface area contributed by atoms with Crippen LogP contribution in [-0.4, -0.2) is 52.9 Å². The molecule has 1 N–H and O–H groups in total. The van der Waals surface area contributed by atoms with Gasteiger partial charge in [0.25, 0.3) is 5.22 Å². The minimum Gasteiger partial charge on any atom is -0.407 e. The van der Waals surface area contributed by atoms with E-state index in [1.807, 2.05) is 6.26 Å². The number of fused-ring (bicyclic) bond motifs is 3. The van der Waals surface area contributed by atoms with E-state index < -0.39 is 0 Å². The van der Waals surface area contributed by atoms with Gasteiger partial charge in [-0.2, -0.15) is 0 Å². The maximum atomic E-state index is 12.0. The predicted molar refractivity (Wildman–Crippen MR) is 73.7 cm³/mol. The van der Waals surface area contributed by atoms with E-state index in [1.165, 1.54) is 24.6 Å². The number of hydrogen-bond donors (Lipinski definition) is 1. The molecule has 1 aromatic rings. The van der Waals surface area contributed by atoms with Crippen molar-refractivity contribution in [3.63, 3.8) is 0 Å². The van der Waals surface area contributed by atoms with Crippen LogP contribution in [0.4, 0.5) is 0 Å². The van der Waals surface area contributed by atoms with Crippen LogP contribution in [0.2, 0.25) is 0 Å². The van der Waals surface area contributed by atoms with Crippen molar-refractivity contribution in [2.45, 2.75) is 24.1 Å². The van der Waals surface area contributed by atoms with Gasteiger partial charge < -0.3 is 14.6 Å². The van der Waals surface area contributed by atoms with E-state index >= 15 is 0 Å². The number of rotatable bonds is 3. The summed E-state index contributed by atoms with van der Waals surface area (Å²) in [5, 5.41) is 11.0. The molecule has 3 aliphatic rings. The molecule has 4 rings (SSSR count). The topological polar surface area (TPSA) is 71.3 Å². The van der Waals surface area contributed by atoms with Gasteiger partial charge >= 0.3 is 11.8 Å². The molecule has 4 heterocycles. The van der Waals surface area contributed by atoms with E-state index in [9.17, 15) is 4.79 Å². The highest BCUT2D eigenvalue weighted by atomic mass is 35.5. The van der Waals surface area contributed by atoms with Crippen molar-refractivity contribution in [2.24, 2.45) is 5.92 Å². The number of amides is 1. The molecule has 6 nitrogen and oxygen atoms in total. The van der Waals surface area contributed by atoms with Crippen LogP contribution >= 0.6 is 24.2 Å². The minimum absolute atomic E-state index is 0. The maximum absolute atomic E-state index is 12.0. The summed E-state index contributed by atoms with van der Waals surface area (Å²) in [7, 11) is 0. The molecule has 1 amide bonds. The first-order chi connectivity index (χ1) is 8.76. The second-order valence-electron chi connectivity index (χ2n) is 4.80. The van der Waals surface area contributed by atoms with Gasteiger partial charge in [-0.1, -0.05) is 11.8 Å². The number of piperidine rings is 3. The Hall–Kier alpha value is -0.790. The molecule has 0 radical (unpaired) electrons. The Morgan fingerprint density at radius 2 is 2.16 bits per heavy atom. The third-order valence-electron chi connectivity index (χ3n) is 3.75. The highest BCUT2D eigenvalue weighted by molar-refractivity contribution is 7.98. The Labute approximate surface area is 122 Å². The summed E-state index contributed by atoms with van der Waals surface area (Å²) < 4.78 is 5.23. The van der Waals surface area contributed by atoms with Crippen molar-refractivity contribution in [3.05, 3.63) is 5.89 Å². The lowest BCUT2D eigenvalue weighted by Gasteiger charge is -2.44. The molecule has 0 aromatic carbocycles. The van der Waals surface area contributed by atoms with Crippen molar-refractivity contribution in [1.29, 1.82) is 0 Å². The Kier molecular flexibility index (Phi) is 4.70. The van der Waals surface area contributed by atoms with E-state index in [0.29, 0.717) is 11.1 Å². The normalized spacial score (nSPS) is 28.8. The molecule has 0 unspecified atom stereocenters. The fraction of sp³-hybridized carbons (Fsp3) is 0.727. The zero-order valence-electron chi connectivity index (χ0n) is 10.7. The van der Waals surface area contributed by atoms with E-state index in [2.05, 4.69) is 20.4 Å². The second kappa shape index (κ2) is 6.11. The summed E-state index contributed by atoms with van der Waals surface area (Å²) in [5.41, 5.74) is 0. The first kappa shape index (κ1) is 14.6. The second-order valence-corrected chi connectivity index (χ2v) is 5.55. The number of nitrogens with one attached hydrogen (secondary N) is 1. The van der Waals surface area contributed by atoms with Gasteiger partial charge in [0, 0.05) is 12.6 Å². The molecule has 106 valence electrons. The van der Waals surface area contributed by atoms with Crippen LogP contribution in [0.15, 0.2) is 9.64 Å². The number of nitrogens with zero attached hydrogens (tertiary/aromatic N) is 3. The van der Waals surface area contributed by atoms with Gasteiger partial charge in [0.05, 0.1) is 0 Å². The van der Waals surface area contributed by atoms with Gasteiger partial charge in [0.2, 0.25) is 0 Å². The summed E-state index contributed by atoms with van der Waals surface area (Å²) in [6.45, 7) is 3.27. The standard InChI is InChI=1S/C11H16N4O2S.ClH/c1-18-11-14-13-10(17-11)9(16)12-8-6-15-4-2-7(8)3-5-15;/h7-8H,2-6H2,1H3,(H,12,16);1H/t8-;/m0./s1. The summed E-state index contributed by atoms with van der Waals surface area (Å²) in [4.78, 5) is 14.4. The van der Waals surface area contributed by atoms with E-state index in [4.69, 9.17) is 4.42 Å². The largest absolute Gasteiger partial charge is 0.407 e. The molecule has 3 fully saturated rings. The van der Waals surface area contributed by atoms with Crippen LogP contribution in [0.3, 0.4) is 0 Å². The molecular formula is C11H17ClN4O2S. The number of aromatic nitrogens is 2. The quantitative estimate of drug-likeness (QED) is 0.841. The van der Waals surface area contributed by atoms with Gasteiger partial charge in [-0.25, -0.2) is 0 Å². The minimum atomic E-state index is -0.249. The van der Waals surface area contributed by atoms with Gasteiger partial charge in [-0.15, -0.1) is 22.6 Å². The smallest absolute Gasteiger partial charge is 0.309 e. The highest BCUT2D eigenvalue weighted by Gasteiger charge is 2.35. The number of carbonyl (C=O) groups is 1. The SMILES string of the molecule is CSc1nnc(C(=O)N[C@H]2CN3CCC2CC3)o1.Cl. The van der Waals surface area contributed by atoms with Crippen molar-refractivity contribution in [3.8, 4) is 0 Å². The fourth-order valence-corrected chi connectivity index (χ4v) is 3.03. The van der Waals surface area contributed by atoms with Gasteiger partial charge in [0.1, 0.15) is 0 Å². The van der Waals surface area contributed by atoms with Crippen molar-refractivity contribution >= 4 is 30.1 Å². The van der Waals surface area contributed by atoms with Crippen LogP contribution in [0.25, 0.3) is 0 Å². The lowest BCUT2D eigenvalue weighted by Crippen LogP contribution is -2.57. The van der Waals surface area contributed by atoms with E-state index in [0.717, 1.165) is 19.6 Å². The molecule has 3 saturated heterocycles. The zero-order valence-corrected chi connectivity index (χ0v) is 12.3. The van der Waals surface area contributed by atoms with Crippen LogP contribution in [0.1, 0.15) is 23.5 Å². The fourth-order valence-electron chi connectivity index (χ4n) is 2.74. The third kappa shape index (κ3) is 3.04. The molecule has 0 spiro atoms. The molecule has 0 saturated carbocycles. The molecule has 19 heavy (non-hydrogen) atoms. The molecule has 3 aliphatic heterocycles. The average Bonchev–Trinajstić information content (AvgIpc) is 2.89. The van der Waals surface area contributed by atoms with Crippen molar-refractivity contribution < 1.29 is 9.21 Å². The lowest BCUT2D eigenvalue weighted by molar-refractivity contribution is 0.0599. The van der Waals surface area contributed by atoms with Crippen LogP contribution in [0.5, 0.6) is 0 Å². The Bertz CT molecular complexity index is 448. The number of carbonyl (C=O) groups excluding carboxylic acids is 1. The summed E-state index contributed by atoms with van der Waals surface area (Å²) in [6.07, 6.45) is 4.18. The maximum Gasteiger partial charge on any atom is 0.309 e. The van der Waals surface area contributed by atoms with Crippen LogP contribution in [0, 0.1) is 5.92 Å². The first-order valence-electron chi connectivity index (χ1n) is 6.17. The molecule has 2 bridgehead atoms. The number of hydrogen-bond acceptors (Lipinski definition) is 6. The van der Waals surface area contributed by atoms with Crippen molar-refractivity contribution in [2.75, 3.05) is 25.9 Å². The number of thioether (sulfide) groups is 1. The highest BCUT2D eigenvalue weighted by Crippen LogP contribution is 2.27. The molecular weight excluding hydrogens is 288 g/mol. The van der Waals surface area contributed by atoms with Gasteiger partial charge in [-0.05, 0) is 38.1 Å². The van der Waals surface area contributed by atoms with Gasteiger partial charge in [-0.3, -0.25) is 4.79 Å². The molecule has 0 aliphatic carbocycles. The van der Waals surface area contributed by atoms with Crippen LogP contribution in [-0.2, 0) is 0 Å². The lowest BCUT2D eigenvalue weighted by atomic mass is 9.84. The van der Waals surface area contributed by atoms with Crippen LogP contribution < -0.4 is 5.32 Å². The predicted octanol–water partition coefficient (Wildman–Crippen LogP) is 1.04. The molecule has 1 atom stereocenters. The molecule has 8 heteroatoms. The van der Waals surface area contributed by atoms with E-state index in [1.54, 1.807) is 0 Å². The molecule has 1 aromatic heterocycles. The van der Waals surface area contributed by atoms with Gasteiger partial charge in [0.15, 0.2) is 0 Å². The third-order valence-corrected chi connectivity index (χ3v) is 4.26. The Morgan fingerprint density at radius 1 is 1.42 bits per heavy atom. The Balaban J connectivity index is 0.00000133. The summed E-state index contributed by atoms with van der Waals surface area (Å²) in [6, 6.07) is 0.227. The first-order valence-corrected chi connectivity index (χ1v) is 7.39.